The highest BCUT2D eigenvalue weighted by Gasteiger charge is 2.27. The first kappa shape index (κ1) is 15.3. The summed E-state index contributed by atoms with van der Waals surface area (Å²) >= 11 is 0. The summed E-state index contributed by atoms with van der Waals surface area (Å²) in [6.07, 6.45) is 5.82. The van der Waals surface area contributed by atoms with Crippen molar-refractivity contribution in [3.63, 3.8) is 0 Å². The number of imidazole rings is 1. The number of aromatic nitrogens is 2. The zero-order chi connectivity index (χ0) is 15.2. The predicted octanol–water partition coefficient (Wildman–Crippen LogP) is 0.272. The van der Waals surface area contributed by atoms with Gasteiger partial charge in [0.25, 0.3) is 0 Å². The molecule has 4 N–H and O–H groups in total. The number of nitrogens with zero attached hydrogens (tertiary/aromatic N) is 1. The maximum atomic E-state index is 11.9. The smallest absolute Gasteiger partial charge is 0.326 e. The fourth-order valence-corrected chi connectivity index (χ4v) is 2.49. The molecule has 2 rings (SSSR count). The van der Waals surface area contributed by atoms with E-state index in [1.807, 2.05) is 0 Å². The molecule has 1 heterocycles. The van der Waals surface area contributed by atoms with Crippen LogP contribution in [0.1, 0.15) is 25.0 Å². The van der Waals surface area contributed by atoms with Crippen molar-refractivity contribution in [3.8, 4) is 0 Å². The number of aliphatic carboxylic acids is 1. The van der Waals surface area contributed by atoms with Gasteiger partial charge < -0.3 is 25.5 Å². The molecule has 1 aromatic heterocycles. The average Bonchev–Trinajstić information content (AvgIpc) is 3.09. The molecule has 0 aliphatic heterocycles. The van der Waals surface area contributed by atoms with Crippen molar-refractivity contribution in [2.75, 3.05) is 7.11 Å². The Morgan fingerprint density at radius 3 is 2.95 bits per heavy atom. The Kier molecular flexibility index (Phi) is 5.15. The van der Waals surface area contributed by atoms with E-state index in [-0.39, 0.29) is 18.6 Å². The van der Waals surface area contributed by atoms with Gasteiger partial charge >= 0.3 is 12.0 Å². The van der Waals surface area contributed by atoms with Gasteiger partial charge in [0.2, 0.25) is 0 Å². The third-order valence-electron chi connectivity index (χ3n) is 3.64. The summed E-state index contributed by atoms with van der Waals surface area (Å²) in [4.78, 5) is 29.7. The number of amides is 2. The number of carboxylic acid groups (broad SMARTS) is 1. The van der Waals surface area contributed by atoms with Crippen molar-refractivity contribution >= 4 is 12.0 Å². The normalized spacial score (nSPS) is 22.7. The van der Waals surface area contributed by atoms with Gasteiger partial charge in [-0.25, -0.2) is 14.6 Å². The van der Waals surface area contributed by atoms with Crippen molar-refractivity contribution in [3.05, 3.63) is 18.2 Å². The number of rotatable bonds is 6. The Bertz CT molecular complexity index is 477. The van der Waals surface area contributed by atoms with Crippen LogP contribution in [0.2, 0.25) is 0 Å². The Labute approximate surface area is 122 Å². The van der Waals surface area contributed by atoms with Gasteiger partial charge in [0.05, 0.1) is 12.4 Å². The molecule has 1 aliphatic carbocycles. The van der Waals surface area contributed by atoms with E-state index in [0.29, 0.717) is 5.69 Å². The van der Waals surface area contributed by atoms with E-state index < -0.39 is 18.0 Å². The molecule has 21 heavy (non-hydrogen) atoms. The van der Waals surface area contributed by atoms with Crippen LogP contribution in [0.4, 0.5) is 4.79 Å². The molecule has 116 valence electrons. The van der Waals surface area contributed by atoms with E-state index in [4.69, 9.17) is 9.84 Å². The number of aromatic amines is 1. The molecule has 1 fully saturated rings. The van der Waals surface area contributed by atoms with Crippen molar-refractivity contribution < 1.29 is 19.4 Å². The maximum Gasteiger partial charge on any atom is 0.326 e. The molecule has 1 aliphatic rings. The Hall–Kier alpha value is -2.09. The van der Waals surface area contributed by atoms with E-state index in [1.54, 1.807) is 7.11 Å². The Balaban J connectivity index is 1.82. The minimum atomic E-state index is -1.08. The Morgan fingerprint density at radius 1 is 1.57 bits per heavy atom. The van der Waals surface area contributed by atoms with Gasteiger partial charge in [-0.2, -0.15) is 0 Å². The van der Waals surface area contributed by atoms with Gasteiger partial charge in [0.15, 0.2) is 0 Å². The lowest BCUT2D eigenvalue weighted by Crippen LogP contribution is -2.49. The largest absolute Gasteiger partial charge is 0.480 e. The lowest BCUT2D eigenvalue weighted by atomic mass is 10.1. The van der Waals surface area contributed by atoms with Crippen molar-refractivity contribution in [1.82, 2.24) is 20.6 Å². The predicted molar refractivity (Wildman–Crippen MR) is 73.8 cm³/mol. The molecule has 1 saturated carbocycles. The molecule has 3 unspecified atom stereocenters. The minimum absolute atomic E-state index is 0.0246. The number of carbonyl (C=O) groups excluding carboxylic acids is 1. The van der Waals surface area contributed by atoms with Crippen molar-refractivity contribution in [2.45, 2.75) is 43.9 Å². The second-order valence-electron chi connectivity index (χ2n) is 5.16. The molecule has 3 atom stereocenters. The van der Waals surface area contributed by atoms with Crippen LogP contribution in [0.15, 0.2) is 12.5 Å². The number of hydrogen-bond donors (Lipinski definition) is 4. The van der Waals surface area contributed by atoms with Gasteiger partial charge in [-0.3, -0.25) is 0 Å². The van der Waals surface area contributed by atoms with Crippen LogP contribution in [0.5, 0.6) is 0 Å². The summed E-state index contributed by atoms with van der Waals surface area (Å²) in [5.74, 6) is -1.08. The van der Waals surface area contributed by atoms with E-state index in [9.17, 15) is 9.59 Å². The zero-order valence-corrected chi connectivity index (χ0v) is 11.8. The molecular formula is C13H20N4O4. The summed E-state index contributed by atoms with van der Waals surface area (Å²) in [5, 5.41) is 14.4. The minimum Gasteiger partial charge on any atom is -0.480 e. The first-order chi connectivity index (χ1) is 10.1. The molecule has 0 aromatic carbocycles. The van der Waals surface area contributed by atoms with Crippen LogP contribution in [0, 0.1) is 0 Å². The second kappa shape index (κ2) is 7.07. The molecule has 1 aromatic rings. The van der Waals surface area contributed by atoms with Gasteiger partial charge in [-0.1, -0.05) is 0 Å². The maximum absolute atomic E-state index is 11.9. The third-order valence-corrected chi connectivity index (χ3v) is 3.64. The summed E-state index contributed by atoms with van der Waals surface area (Å²) in [5.41, 5.74) is 0.656. The summed E-state index contributed by atoms with van der Waals surface area (Å²) < 4.78 is 5.24. The standard InChI is InChI=1S/C13H20N4O4/c1-21-10-3-2-8(4-10)16-13(20)17-11(12(18)19)5-9-6-14-7-15-9/h6-8,10-11H,2-5H2,1H3,(H,14,15)(H,18,19)(H2,16,17,20). The molecule has 2 amide bonds. The fraction of sp³-hybridized carbons (Fsp3) is 0.615. The van der Waals surface area contributed by atoms with Crippen molar-refractivity contribution in [2.24, 2.45) is 0 Å². The van der Waals surface area contributed by atoms with Crippen LogP contribution in [-0.2, 0) is 16.0 Å². The van der Waals surface area contributed by atoms with E-state index in [1.165, 1.54) is 12.5 Å². The number of hydrogen-bond acceptors (Lipinski definition) is 4. The monoisotopic (exact) mass is 296 g/mol. The number of methoxy groups -OCH3 is 1. The fourth-order valence-electron chi connectivity index (χ4n) is 2.49. The molecule has 8 nitrogen and oxygen atoms in total. The van der Waals surface area contributed by atoms with E-state index >= 15 is 0 Å². The quantitative estimate of drug-likeness (QED) is 0.601. The van der Waals surface area contributed by atoms with Gasteiger partial charge in [-0.15, -0.1) is 0 Å². The zero-order valence-electron chi connectivity index (χ0n) is 11.8. The van der Waals surface area contributed by atoms with Gasteiger partial charge in [0, 0.05) is 31.5 Å². The SMILES string of the molecule is COC1CCC(NC(=O)NC(Cc2cnc[nH]2)C(=O)O)C1. The van der Waals surface area contributed by atoms with Gasteiger partial charge in [0.1, 0.15) is 6.04 Å². The lowest BCUT2D eigenvalue weighted by Gasteiger charge is -2.17. The highest BCUT2D eigenvalue weighted by atomic mass is 16.5. The number of H-pyrrole nitrogens is 1. The molecule has 0 radical (unpaired) electrons. The third kappa shape index (κ3) is 4.45. The van der Waals surface area contributed by atoms with Crippen LogP contribution in [0.3, 0.4) is 0 Å². The van der Waals surface area contributed by atoms with Crippen molar-refractivity contribution in [1.29, 1.82) is 0 Å². The molecule has 0 spiro atoms. The highest BCUT2D eigenvalue weighted by molar-refractivity contribution is 5.82. The summed E-state index contributed by atoms with van der Waals surface area (Å²) in [6, 6.07) is -1.44. The topological polar surface area (TPSA) is 116 Å². The molecule has 0 bridgehead atoms. The summed E-state index contributed by atoms with van der Waals surface area (Å²) in [6.45, 7) is 0. The second-order valence-corrected chi connectivity index (χ2v) is 5.16. The van der Waals surface area contributed by atoms with E-state index in [0.717, 1.165) is 19.3 Å². The van der Waals surface area contributed by atoms with Crippen LogP contribution >= 0.6 is 0 Å². The lowest BCUT2D eigenvalue weighted by molar-refractivity contribution is -0.139. The number of carbonyl (C=O) groups is 2. The average molecular weight is 296 g/mol. The van der Waals surface area contributed by atoms with Crippen LogP contribution in [0.25, 0.3) is 0 Å². The molecular weight excluding hydrogens is 276 g/mol. The molecule has 0 saturated heterocycles. The highest BCUT2D eigenvalue weighted by Crippen LogP contribution is 2.21. The van der Waals surface area contributed by atoms with Gasteiger partial charge in [-0.05, 0) is 19.3 Å². The summed E-state index contributed by atoms with van der Waals surface area (Å²) in [7, 11) is 1.65. The number of nitrogens with one attached hydrogen (secondary N) is 3. The Morgan fingerprint density at radius 2 is 2.38 bits per heavy atom. The first-order valence-electron chi connectivity index (χ1n) is 6.88. The number of ether oxygens (including phenoxy) is 1. The molecule has 8 heteroatoms. The van der Waals surface area contributed by atoms with Crippen LogP contribution in [-0.4, -0.2) is 52.4 Å². The van der Waals surface area contributed by atoms with E-state index in [2.05, 4.69) is 20.6 Å². The number of urea groups is 1. The van der Waals surface area contributed by atoms with Crippen LogP contribution < -0.4 is 10.6 Å². The number of carboxylic acids is 1. The first-order valence-corrected chi connectivity index (χ1v) is 6.88.